The number of halogens is 3. The van der Waals surface area contributed by atoms with Crippen molar-refractivity contribution >= 4 is 39.1 Å². The Morgan fingerprint density at radius 1 is 1.64 bits per heavy atom. The standard InChI is InChI=1S/C9H9BrClFN2/c1-5-2-6(10)3-7(9(5)12)14-8(13)4-11/h2-3H,4H2,1H3,(H2,13,14). The first-order valence-corrected chi connectivity index (χ1v) is 5.22. The topological polar surface area (TPSA) is 38.4 Å². The molecule has 0 unspecified atom stereocenters. The molecule has 2 N–H and O–H groups in total. The van der Waals surface area contributed by atoms with Gasteiger partial charge in [-0.3, -0.25) is 0 Å². The van der Waals surface area contributed by atoms with Gasteiger partial charge in [0.2, 0.25) is 0 Å². The summed E-state index contributed by atoms with van der Waals surface area (Å²) in [6.45, 7) is 1.66. The second kappa shape index (κ2) is 4.75. The van der Waals surface area contributed by atoms with Crippen LogP contribution in [-0.4, -0.2) is 11.7 Å². The second-order valence-corrected chi connectivity index (χ2v) is 3.98. The van der Waals surface area contributed by atoms with Gasteiger partial charge in [0.25, 0.3) is 0 Å². The van der Waals surface area contributed by atoms with Crippen LogP contribution in [0.4, 0.5) is 10.1 Å². The van der Waals surface area contributed by atoms with Crippen LogP contribution < -0.4 is 5.73 Å². The van der Waals surface area contributed by atoms with E-state index in [0.29, 0.717) is 5.56 Å². The lowest BCUT2D eigenvalue weighted by atomic mass is 10.2. The van der Waals surface area contributed by atoms with Gasteiger partial charge in [0.1, 0.15) is 11.5 Å². The lowest BCUT2D eigenvalue weighted by molar-refractivity contribution is 0.620. The Hall–Kier alpha value is -0.610. The van der Waals surface area contributed by atoms with E-state index >= 15 is 0 Å². The predicted molar refractivity (Wildman–Crippen MR) is 60.8 cm³/mol. The van der Waals surface area contributed by atoms with Gasteiger partial charge in [0, 0.05) is 4.47 Å². The molecule has 0 spiro atoms. The highest BCUT2D eigenvalue weighted by Gasteiger charge is 2.06. The number of hydrogen-bond donors (Lipinski definition) is 1. The smallest absolute Gasteiger partial charge is 0.151 e. The molecule has 5 heteroatoms. The molecule has 0 radical (unpaired) electrons. The van der Waals surface area contributed by atoms with Crippen molar-refractivity contribution in [3.63, 3.8) is 0 Å². The fourth-order valence-electron chi connectivity index (χ4n) is 0.974. The fourth-order valence-corrected chi connectivity index (χ4v) is 1.59. The van der Waals surface area contributed by atoms with E-state index in [1.165, 1.54) is 0 Å². The molecule has 14 heavy (non-hydrogen) atoms. The van der Waals surface area contributed by atoms with Gasteiger partial charge in [-0.1, -0.05) is 15.9 Å². The highest BCUT2D eigenvalue weighted by Crippen LogP contribution is 2.26. The first kappa shape index (κ1) is 11.5. The normalized spacial score (nSPS) is 11.9. The van der Waals surface area contributed by atoms with Crippen molar-refractivity contribution in [1.29, 1.82) is 0 Å². The molecule has 1 aromatic carbocycles. The summed E-state index contributed by atoms with van der Waals surface area (Å²) in [5.74, 6) is -0.0882. The van der Waals surface area contributed by atoms with Crippen LogP contribution in [0.1, 0.15) is 5.56 Å². The highest BCUT2D eigenvalue weighted by atomic mass is 79.9. The SMILES string of the molecule is Cc1cc(Br)cc(N=C(N)CCl)c1F. The van der Waals surface area contributed by atoms with Crippen LogP contribution >= 0.6 is 27.5 Å². The Morgan fingerprint density at radius 3 is 2.86 bits per heavy atom. The zero-order chi connectivity index (χ0) is 10.7. The van der Waals surface area contributed by atoms with E-state index in [9.17, 15) is 4.39 Å². The van der Waals surface area contributed by atoms with Gasteiger partial charge in [-0.15, -0.1) is 11.6 Å². The average Bonchev–Trinajstić information content (AvgIpc) is 2.13. The summed E-state index contributed by atoms with van der Waals surface area (Å²) in [5, 5.41) is 0. The van der Waals surface area contributed by atoms with E-state index in [0.717, 1.165) is 4.47 Å². The average molecular weight is 280 g/mol. The fraction of sp³-hybridized carbons (Fsp3) is 0.222. The van der Waals surface area contributed by atoms with Crippen LogP contribution in [0.25, 0.3) is 0 Å². The van der Waals surface area contributed by atoms with Crippen molar-refractivity contribution < 1.29 is 4.39 Å². The molecular formula is C9H9BrClFN2. The van der Waals surface area contributed by atoms with Gasteiger partial charge >= 0.3 is 0 Å². The summed E-state index contributed by atoms with van der Waals surface area (Å²) in [5.41, 5.74) is 6.13. The Labute approximate surface area is 95.1 Å². The molecule has 76 valence electrons. The van der Waals surface area contributed by atoms with E-state index in [1.54, 1.807) is 19.1 Å². The third-order valence-electron chi connectivity index (χ3n) is 1.60. The van der Waals surface area contributed by atoms with E-state index in [2.05, 4.69) is 20.9 Å². The number of aryl methyl sites for hydroxylation is 1. The van der Waals surface area contributed by atoms with Gasteiger partial charge in [-0.25, -0.2) is 9.38 Å². The predicted octanol–water partition coefficient (Wildman–Crippen LogP) is 3.12. The molecule has 0 atom stereocenters. The number of rotatable bonds is 2. The number of amidine groups is 1. The molecule has 0 fully saturated rings. The Balaban J connectivity index is 3.21. The molecule has 0 aliphatic carbocycles. The van der Waals surface area contributed by atoms with E-state index in [1.807, 2.05) is 0 Å². The first-order valence-electron chi connectivity index (χ1n) is 3.89. The Morgan fingerprint density at radius 2 is 2.29 bits per heavy atom. The van der Waals surface area contributed by atoms with Crippen LogP contribution in [0.15, 0.2) is 21.6 Å². The third-order valence-corrected chi connectivity index (χ3v) is 2.33. The van der Waals surface area contributed by atoms with Gasteiger partial charge in [0.05, 0.1) is 5.88 Å². The van der Waals surface area contributed by atoms with Crippen molar-refractivity contribution in [1.82, 2.24) is 0 Å². The number of alkyl halides is 1. The second-order valence-electron chi connectivity index (χ2n) is 2.79. The zero-order valence-electron chi connectivity index (χ0n) is 7.52. The maximum absolute atomic E-state index is 13.5. The largest absolute Gasteiger partial charge is 0.386 e. The van der Waals surface area contributed by atoms with Gasteiger partial charge in [-0.2, -0.15) is 0 Å². The maximum atomic E-state index is 13.5. The van der Waals surface area contributed by atoms with Crippen molar-refractivity contribution in [2.24, 2.45) is 10.7 Å². The molecule has 0 aromatic heterocycles. The van der Waals surface area contributed by atoms with Crippen LogP contribution in [0, 0.1) is 12.7 Å². The molecule has 0 saturated carbocycles. The molecule has 0 saturated heterocycles. The maximum Gasteiger partial charge on any atom is 0.151 e. The number of nitrogens with two attached hydrogens (primary N) is 1. The summed E-state index contributed by atoms with van der Waals surface area (Å²) in [7, 11) is 0. The van der Waals surface area contributed by atoms with Gasteiger partial charge in [0.15, 0.2) is 5.82 Å². The van der Waals surface area contributed by atoms with Crippen molar-refractivity contribution in [3.05, 3.63) is 28.0 Å². The number of aliphatic imine (C=N–C) groups is 1. The molecule has 1 rings (SSSR count). The van der Waals surface area contributed by atoms with Crippen LogP contribution in [0.5, 0.6) is 0 Å². The molecule has 0 amide bonds. The first-order chi connectivity index (χ1) is 6.54. The van der Waals surface area contributed by atoms with Gasteiger partial charge < -0.3 is 5.73 Å². The Bertz CT molecular complexity index is 379. The number of benzene rings is 1. The molecule has 0 aliphatic rings. The number of hydrogen-bond acceptors (Lipinski definition) is 1. The zero-order valence-corrected chi connectivity index (χ0v) is 9.86. The third kappa shape index (κ3) is 2.69. The molecule has 0 bridgehead atoms. The van der Waals surface area contributed by atoms with Crippen molar-refractivity contribution in [3.8, 4) is 0 Å². The van der Waals surface area contributed by atoms with Crippen molar-refractivity contribution in [2.75, 3.05) is 5.88 Å². The summed E-state index contributed by atoms with van der Waals surface area (Å²) >= 11 is 8.69. The number of nitrogens with zero attached hydrogens (tertiary/aromatic N) is 1. The minimum atomic E-state index is -0.374. The minimum absolute atomic E-state index is 0.0883. The minimum Gasteiger partial charge on any atom is -0.386 e. The summed E-state index contributed by atoms with van der Waals surface area (Å²) in [4.78, 5) is 3.86. The Kier molecular flexibility index (Phi) is 3.89. The molecule has 1 aromatic rings. The summed E-state index contributed by atoms with van der Waals surface area (Å²) < 4.78 is 14.2. The quantitative estimate of drug-likeness (QED) is 0.504. The highest BCUT2D eigenvalue weighted by molar-refractivity contribution is 9.10. The van der Waals surface area contributed by atoms with E-state index < -0.39 is 0 Å². The van der Waals surface area contributed by atoms with Crippen molar-refractivity contribution in [2.45, 2.75) is 6.92 Å². The summed E-state index contributed by atoms with van der Waals surface area (Å²) in [6, 6.07) is 3.23. The van der Waals surface area contributed by atoms with Crippen LogP contribution in [0.2, 0.25) is 0 Å². The van der Waals surface area contributed by atoms with E-state index in [-0.39, 0.29) is 23.2 Å². The molecule has 0 heterocycles. The van der Waals surface area contributed by atoms with Crippen LogP contribution in [-0.2, 0) is 0 Å². The van der Waals surface area contributed by atoms with E-state index in [4.69, 9.17) is 17.3 Å². The molecular weight excluding hydrogens is 270 g/mol. The molecule has 2 nitrogen and oxygen atoms in total. The van der Waals surface area contributed by atoms with Crippen LogP contribution in [0.3, 0.4) is 0 Å². The van der Waals surface area contributed by atoms with Gasteiger partial charge in [-0.05, 0) is 24.6 Å². The lowest BCUT2D eigenvalue weighted by Crippen LogP contribution is -2.12. The molecule has 0 aliphatic heterocycles. The lowest BCUT2D eigenvalue weighted by Gasteiger charge is -2.02. The summed E-state index contributed by atoms with van der Waals surface area (Å²) in [6.07, 6.45) is 0. The monoisotopic (exact) mass is 278 g/mol.